The number of furan rings is 1. The normalized spacial score (nSPS) is 17.5. The van der Waals surface area contributed by atoms with Crippen LogP contribution in [0.1, 0.15) is 37.1 Å². The van der Waals surface area contributed by atoms with Crippen LogP contribution >= 0.6 is 0 Å². The summed E-state index contributed by atoms with van der Waals surface area (Å²) in [5.74, 6) is 1.78. The Morgan fingerprint density at radius 1 is 1.21 bits per heavy atom. The number of piperidine rings is 1. The van der Waals surface area contributed by atoms with E-state index in [1.54, 1.807) is 6.26 Å². The number of hydrogen-bond donors (Lipinski definition) is 1. The molecule has 3 rings (SSSR count). The summed E-state index contributed by atoms with van der Waals surface area (Å²) >= 11 is 0. The number of rotatable bonds is 6. The molecular weight excluding hydrogens is 300 g/mol. The van der Waals surface area contributed by atoms with Crippen LogP contribution in [0.25, 0.3) is 0 Å². The zero-order valence-electron chi connectivity index (χ0n) is 14.3. The monoisotopic (exact) mass is 326 g/mol. The molecule has 0 bridgehead atoms. The van der Waals surface area contributed by atoms with Gasteiger partial charge in [0.15, 0.2) is 0 Å². The minimum atomic E-state index is 0.0585. The molecule has 1 fully saturated rings. The fourth-order valence-corrected chi connectivity index (χ4v) is 3.29. The fraction of sp³-hybridized carbons (Fsp3) is 0.450. The quantitative estimate of drug-likeness (QED) is 0.885. The molecule has 0 saturated carbocycles. The van der Waals surface area contributed by atoms with E-state index in [4.69, 9.17) is 4.42 Å². The first kappa shape index (κ1) is 16.8. The molecule has 2 aromatic rings. The Morgan fingerprint density at radius 3 is 2.62 bits per heavy atom. The zero-order valence-corrected chi connectivity index (χ0v) is 14.3. The molecule has 0 radical (unpaired) electrons. The summed E-state index contributed by atoms with van der Waals surface area (Å²) in [6.45, 7) is 5.01. The fourth-order valence-electron chi connectivity index (χ4n) is 3.29. The molecule has 128 valence electrons. The van der Waals surface area contributed by atoms with Crippen molar-refractivity contribution < 1.29 is 9.21 Å². The van der Waals surface area contributed by atoms with Crippen LogP contribution in [0.4, 0.5) is 0 Å². The van der Waals surface area contributed by atoms with E-state index in [-0.39, 0.29) is 11.9 Å². The standard InChI is InChI=1S/C20H26N2O2/c1-16-9-11-22(12-10-16)18(19-8-5-13-24-19)15-21-20(23)14-17-6-3-2-4-7-17/h2-8,13,16,18H,9-12,14-15H2,1H3,(H,21,23). The largest absolute Gasteiger partial charge is 0.468 e. The second-order valence-electron chi connectivity index (χ2n) is 6.72. The van der Waals surface area contributed by atoms with Crippen molar-refractivity contribution in [3.63, 3.8) is 0 Å². The van der Waals surface area contributed by atoms with Crippen LogP contribution in [0.3, 0.4) is 0 Å². The summed E-state index contributed by atoms with van der Waals surface area (Å²) in [5, 5.41) is 3.09. The highest BCUT2D eigenvalue weighted by molar-refractivity contribution is 5.78. The smallest absolute Gasteiger partial charge is 0.224 e. The summed E-state index contributed by atoms with van der Waals surface area (Å²) in [6, 6.07) is 13.9. The van der Waals surface area contributed by atoms with Crippen molar-refractivity contribution in [2.45, 2.75) is 32.2 Å². The molecule has 1 saturated heterocycles. The Kier molecular flexibility index (Phi) is 5.70. The van der Waals surface area contributed by atoms with Crippen molar-refractivity contribution in [1.29, 1.82) is 0 Å². The number of amides is 1. The highest BCUT2D eigenvalue weighted by Crippen LogP contribution is 2.26. The second-order valence-corrected chi connectivity index (χ2v) is 6.72. The van der Waals surface area contributed by atoms with E-state index in [1.807, 2.05) is 42.5 Å². The van der Waals surface area contributed by atoms with Crippen LogP contribution < -0.4 is 5.32 Å². The lowest BCUT2D eigenvalue weighted by atomic mass is 9.97. The summed E-state index contributed by atoms with van der Waals surface area (Å²) in [4.78, 5) is 14.7. The van der Waals surface area contributed by atoms with Gasteiger partial charge in [0.2, 0.25) is 5.91 Å². The van der Waals surface area contributed by atoms with Gasteiger partial charge in [-0.2, -0.15) is 0 Å². The van der Waals surface area contributed by atoms with Crippen molar-refractivity contribution in [3.05, 3.63) is 60.1 Å². The summed E-state index contributed by atoms with van der Waals surface area (Å²) < 4.78 is 5.63. The predicted molar refractivity (Wildman–Crippen MR) is 94.6 cm³/mol. The van der Waals surface area contributed by atoms with Crippen LogP contribution in [0.15, 0.2) is 53.1 Å². The molecule has 24 heavy (non-hydrogen) atoms. The van der Waals surface area contributed by atoms with E-state index in [2.05, 4.69) is 17.1 Å². The molecular formula is C20H26N2O2. The maximum absolute atomic E-state index is 12.3. The van der Waals surface area contributed by atoms with Crippen LogP contribution in [0.2, 0.25) is 0 Å². The van der Waals surface area contributed by atoms with E-state index in [9.17, 15) is 4.79 Å². The number of hydrogen-bond acceptors (Lipinski definition) is 3. The maximum atomic E-state index is 12.3. The SMILES string of the molecule is CC1CCN(C(CNC(=O)Cc2ccccc2)c2ccco2)CC1. The first-order valence-corrected chi connectivity index (χ1v) is 8.80. The zero-order chi connectivity index (χ0) is 16.8. The Bertz CT molecular complexity index is 616. The average Bonchev–Trinajstić information content (AvgIpc) is 3.12. The molecule has 1 aromatic heterocycles. The van der Waals surface area contributed by atoms with E-state index in [0.717, 1.165) is 30.3 Å². The highest BCUT2D eigenvalue weighted by Gasteiger charge is 2.26. The molecule has 1 aliphatic heterocycles. The Labute approximate surface area is 143 Å². The molecule has 1 atom stereocenters. The number of nitrogens with one attached hydrogen (secondary N) is 1. The first-order valence-electron chi connectivity index (χ1n) is 8.80. The lowest BCUT2D eigenvalue weighted by Gasteiger charge is -2.35. The summed E-state index contributed by atoms with van der Waals surface area (Å²) in [5.41, 5.74) is 1.04. The molecule has 0 spiro atoms. The van der Waals surface area contributed by atoms with Gasteiger partial charge >= 0.3 is 0 Å². The molecule has 1 aliphatic rings. The van der Waals surface area contributed by atoms with Gasteiger partial charge in [-0.25, -0.2) is 0 Å². The topological polar surface area (TPSA) is 45.5 Å². The van der Waals surface area contributed by atoms with Crippen LogP contribution in [0, 0.1) is 5.92 Å². The predicted octanol–water partition coefficient (Wildman–Crippen LogP) is 3.41. The maximum Gasteiger partial charge on any atom is 0.224 e. The van der Waals surface area contributed by atoms with Crippen molar-refractivity contribution in [3.8, 4) is 0 Å². The number of carbonyl (C=O) groups excluding carboxylic acids is 1. The molecule has 1 amide bonds. The average molecular weight is 326 g/mol. The van der Waals surface area contributed by atoms with E-state index in [1.165, 1.54) is 12.8 Å². The molecule has 1 N–H and O–H groups in total. The van der Waals surface area contributed by atoms with Crippen LogP contribution in [0.5, 0.6) is 0 Å². The van der Waals surface area contributed by atoms with Gasteiger partial charge in [-0.05, 0) is 49.5 Å². The minimum Gasteiger partial charge on any atom is -0.468 e. The van der Waals surface area contributed by atoms with Gasteiger partial charge in [-0.15, -0.1) is 0 Å². The minimum absolute atomic E-state index is 0.0585. The molecule has 4 heteroatoms. The Balaban J connectivity index is 1.59. The Hall–Kier alpha value is -2.07. The van der Waals surface area contributed by atoms with Gasteiger partial charge < -0.3 is 9.73 Å². The van der Waals surface area contributed by atoms with Crippen LogP contribution in [-0.4, -0.2) is 30.4 Å². The number of likely N-dealkylation sites (tertiary alicyclic amines) is 1. The molecule has 1 unspecified atom stereocenters. The van der Waals surface area contributed by atoms with Gasteiger partial charge in [0.1, 0.15) is 5.76 Å². The van der Waals surface area contributed by atoms with Crippen LogP contribution in [-0.2, 0) is 11.2 Å². The first-order chi connectivity index (χ1) is 11.7. The number of carbonyl (C=O) groups is 1. The van der Waals surface area contributed by atoms with E-state index in [0.29, 0.717) is 13.0 Å². The second kappa shape index (κ2) is 8.15. The van der Waals surface area contributed by atoms with E-state index >= 15 is 0 Å². The lowest BCUT2D eigenvalue weighted by molar-refractivity contribution is -0.120. The lowest BCUT2D eigenvalue weighted by Crippen LogP contribution is -2.42. The van der Waals surface area contributed by atoms with Gasteiger partial charge in [0, 0.05) is 6.54 Å². The van der Waals surface area contributed by atoms with Gasteiger partial charge in [-0.3, -0.25) is 9.69 Å². The Morgan fingerprint density at radius 2 is 1.96 bits per heavy atom. The third-order valence-electron chi connectivity index (χ3n) is 4.83. The molecule has 2 heterocycles. The highest BCUT2D eigenvalue weighted by atomic mass is 16.3. The molecule has 1 aromatic carbocycles. The molecule has 4 nitrogen and oxygen atoms in total. The molecule has 0 aliphatic carbocycles. The van der Waals surface area contributed by atoms with Crippen molar-refractivity contribution in [1.82, 2.24) is 10.2 Å². The van der Waals surface area contributed by atoms with Crippen molar-refractivity contribution in [2.24, 2.45) is 5.92 Å². The van der Waals surface area contributed by atoms with E-state index < -0.39 is 0 Å². The van der Waals surface area contributed by atoms with Gasteiger partial charge in [0.05, 0.1) is 18.7 Å². The summed E-state index contributed by atoms with van der Waals surface area (Å²) in [7, 11) is 0. The third-order valence-corrected chi connectivity index (χ3v) is 4.83. The van der Waals surface area contributed by atoms with Gasteiger partial charge in [-0.1, -0.05) is 37.3 Å². The summed E-state index contributed by atoms with van der Waals surface area (Å²) in [6.07, 6.45) is 4.54. The van der Waals surface area contributed by atoms with Crippen molar-refractivity contribution >= 4 is 5.91 Å². The van der Waals surface area contributed by atoms with Gasteiger partial charge in [0.25, 0.3) is 0 Å². The van der Waals surface area contributed by atoms with Crippen molar-refractivity contribution in [2.75, 3.05) is 19.6 Å². The number of benzene rings is 1. The third kappa shape index (κ3) is 4.48. The number of nitrogens with zero attached hydrogens (tertiary/aromatic N) is 1.